The van der Waals surface area contributed by atoms with Crippen molar-refractivity contribution in [1.82, 2.24) is 4.98 Å². The molecule has 0 atom stereocenters. The minimum absolute atomic E-state index is 0.0615. The van der Waals surface area contributed by atoms with Gasteiger partial charge in [0.25, 0.3) is 11.6 Å². The lowest BCUT2D eigenvalue weighted by atomic mass is 10.1. The van der Waals surface area contributed by atoms with E-state index in [1.165, 1.54) is 29.0 Å². The third kappa shape index (κ3) is 4.03. The number of aromatic nitrogens is 1. The molecule has 7 heteroatoms. The molecule has 0 radical (unpaired) electrons. The van der Waals surface area contributed by atoms with E-state index in [0.29, 0.717) is 16.3 Å². The molecular weight excluding hydrogens is 362 g/mol. The van der Waals surface area contributed by atoms with Crippen LogP contribution < -0.4 is 5.32 Å². The van der Waals surface area contributed by atoms with E-state index in [-0.39, 0.29) is 11.6 Å². The second-order valence-corrected chi connectivity index (χ2v) is 7.19. The van der Waals surface area contributed by atoms with E-state index in [9.17, 15) is 14.9 Å². The van der Waals surface area contributed by atoms with E-state index in [1.54, 1.807) is 19.9 Å². The summed E-state index contributed by atoms with van der Waals surface area (Å²) in [5.41, 5.74) is 3.96. The minimum atomic E-state index is -0.481. The maximum Gasteiger partial charge on any atom is 0.271 e. The molecular formula is C20H19N3O3S. The Hall–Kier alpha value is -3.06. The molecule has 0 unspecified atom stereocenters. The Morgan fingerprint density at radius 3 is 2.52 bits per heavy atom. The van der Waals surface area contributed by atoms with Crippen molar-refractivity contribution in [2.45, 2.75) is 27.2 Å². The van der Waals surface area contributed by atoms with Crippen LogP contribution in [-0.4, -0.2) is 15.8 Å². The van der Waals surface area contributed by atoms with Gasteiger partial charge in [0.2, 0.25) is 0 Å². The molecule has 0 spiro atoms. The van der Waals surface area contributed by atoms with Crippen LogP contribution in [0.3, 0.4) is 0 Å². The van der Waals surface area contributed by atoms with Crippen LogP contribution in [0, 0.1) is 24.0 Å². The number of nitrogens with one attached hydrogen (secondary N) is 1. The molecule has 1 heterocycles. The van der Waals surface area contributed by atoms with Crippen LogP contribution in [0.15, 0.2) is 42.5 Å². The third-order valence-electron chi connectivity index (χ3n) is 4.29. The summed E-state index contributed by atoms with van der Waals surface area (Å²) in [7, 11) is 0. The molecule has 1 aromatic heterocycles. The summed E-state index contributed by atoms with van der Waals surface area (Å²) in [6.45, 7) is 5.68. The normalized spacial score (nSPS) is 10.6. The fraction of sp³-hybridized carbons (Fsp3) is 0.200. The molecule has 0 aliphatic rings. The molecule has 0 saturated carbocycles. The first kappa shape index (κ1) is 18.7. The first-order chi connectivity index (χ1) is 12.9. The van der Waals surface area contributed by atoms with Gasteiger partial charge in [-0.25, -0.2) is 4.98 Å². The highest BCUT2D eigenvalue weighted by Gasteiger charge is 2.18. The summed E-state index contributed by atoms with van der Waals surface area (Å²) < 4.78 is 0. The van der Waals surface area contributed by atoms with Crippen molar-refractivity contribution in [3.05, 3.63) is 74.3 Å². The van der Waals surface area contributed by atoms with Gasteiger partial charge < -0.3 is 5.32 Å². The largest absolute Gasteiger partial charge is 0.321 e. The van der Waals surface area contributed by atoms with Crippen LogP contribution in [0.2, 0.25) is 0 Å². The zero-order chi connectivity index (χ0) is 19.6. The predicted molar refractivity (Wildman–Crippen MR) is 107 cm³/mol. The van der Waals surface area contributed by atoms with Gasteiger partial charge >= 0.3 is 0 Å². The summed E-state index contributed by atoms with van der Waals surface area (Å²) >= 11 is 1.31. The van der Waals surface area contributed by atoms with Gasteiger partial charge in [-0.1, -0.05) is 37.3 Å². The van der Waals surface area contributed by atoms with E-state index >= 15 is 0 Å². The number of carbonyl (C=O) groups is 1. The topological polar surface area (TPSA) is 85.1 Å². The zero-order valence-corrected chi connectivity index (χ0v) is 16.1. The van der Waals surface area contributed by atoms with Crippen molar-refractivity contribution < 1.29 is 9.72 Å². The quantitative estimate of drug-likeness (QED) is 0.489. The fourth-order valence-electron chi connectivity index (χ4n) is 2.65. The van der Waals surface area contributed by atoms with Crippen LogP contribution in [0.5, 0.6) is 0 Å². The molecule has 6 nitrogen and oxygen atoms in total. The smallest absolute Gasteiger partial charge is 0.271 e. The van der Waals surface area contributed by atoms with E-state index in [1.807, 2.05) is 12.1 Å². The van der Waals surface area contributed by atoms with Gasteiger partial charge in [-0.3, -0.25) is 14.9 Å². The summed E-state index contributed by atoms with van der Waals surface area (Å²) in [5, 5.41) is 14.5. The Kier molecular flexibility index (Phi) is 5.32. The number of rotatable bonds is 5. The number of non-ortho nitro benzene ring substituents is 1. The van der Waals surface area contributed by atoms with Crippen LogP contribution in [0.1, 0.15) is 33.4 Å². The standard InChI is InChI=1S/C20H19N3O3S/c1-4-14-6-8-15(9-7-14)20-21-13(3)18(27-20)19(24)22-17-11-16(23(25)26)10-5-12(17)2/h5-11H,4H2,1-3H3,(H,22,24). The number of hydrogen-bond donors (Lipinski definition) is 1. The maximum atomic E-state index is 12.7. The highest BCUT2D eigenvalue weighted by molar-refractivity contribution is 7.17. The Morgan fingerprint density at radius 1 is 1.19 bits per heavy atom. The number of nitro groups is 1. The average Bonchev–Trinajstić information content (AvgIpc) is 3.05. The Balaban J connectivity index is 1.86. The van der Waals surface area contributed by atoms with E-state index in [2.05, 4.69) is 29.4 Å². The van der Waals surface area contributed by atoms with E-state index in [0.717, 1.165) is 22.6 Å². The molecule has 0 aliphatic heterocycles. The fourth-order valence-corrected chi connectivity index (χ4v) is 3.62. The lowest BCUT2D eigenvalue weighted by Crippen LogP contribution is -2.12. The summed E-state index contributed by atoms with van der Waals surface area (Å²) in [6.07, 6.45) is 0.966. The number of thiazole rings is 1. The molecule has 27 heavy (non-hydrogen) atoms. The number of aryl methyl sites for hydroxylation is 3. The second-order valence-electron chi connectivity index (χ2n) is 6.19. The van der Waals surface area contributed by atoms with Gasteiger partial charge in [-0.15, -0.1) is 11.3 Å². The number of hydrogen-bond acceptors (Lipinski definition) is 5. The molecule has 3 rings (SSSR count). The summed E-state index contributed by atoms with van der Waals surface area (Å²) in [4.78, 5) is 28.2. The number of anilines is 1. The Bertz CT molecular complexity index is 1010. The van der Waals surface area contributed by atoms with Gasteiger partial charge in [-0.2, -0.15) is 0 Å². The molecule has 0 saturated heterocycles. The SMILES string of the molecule is CCc1ccc(-c2nc(C)c(C(=O)Nc3cc([N+](=O)[O-])ccc3C)s2)cc1. The number of amides is 1. The first-order valence-corrected chi connectivity index (χ1v) is 9.33. The summed E-state index contributed by atoms with van der Waals surface area (Å²) in [6, 6.07) is 12.5. The van der Waals surface area contributed by atoms with Gasteiger partial charge in [0.05, 0.1) is 16.3 Å². The zero-order valence-electron chi connectivity index (χ0n) is 15.3. The van der Waals surface area contributed by atoms with Gasteiger partial charge in [0, 0.05) is 17.7 Å². The van der Waals surface area contributed by atoms with Crippen molar-refractivity contribution in [3.63, 3.8) is 0 Å². The molecule has 138 valence electrons. The van der Waals surface area contributed by atoms with E-state index in [4.69, 9.17) is 0 Å². The second kappa shape index (κ2) is 7.67. The van der Waals surface area contributed by atoms with E-state index < -0.39 is 4.92 Å². The predicted octanol–water partition coefficient (Wildman–Crippen LogP) is 5.15. The van der Waals surface area contributed by atoms with Crippen LogP contribution in [0.25, 0.3) is 10.6 Å². The van der Waals surface area contributed by atoms with Crippen molar-refractivity contribution in [2.24, 2.45) is 0 Å². The maximum absolute atomic E-state index is 12.7. The molecule has 0 bridgehead atoms. The number of benzene rings is 2. The molecule has 1 N–H and O–H groups in total. The van der Waals surface area contributed by atoms with Crippen molar-refractivity contribution >= 4 is 28.6 Å². The highest BCUT2D eigenvalue weighted by Crippen LogP contribution is 2.30. The Labute approximate surface area is 161 Å². The molecule has 0 fully saturated rings. The third-order valence-corrected chi connectivity index (χ3v) is 5.50. The first-order valence-electron chi connectivity index (χ1n) is 8.52. The number of carbonyl (C=O) groups excluding carboxylic acids is 1. The van der Waals surface area contributed by atoms with Gasteiger partial charge in [-0.05, 0) is 31.4 Å². The van der Waals surface area contributed by atoms with Crippen molar-refractivity contribution in [1.29, 1.82) is 0 Å². The molecule has 1 amide bonds. The highest BCUT2D eigenvalue weighted by atomic mass is 32.1. The Morgan fingerprint density at radius 2 is 1.89 bits per heavy atom. The average molecular weight is 381 g/mol. The van der Waals surface area contributed by atoms with Crippen LogP contribution in [-0.2, 0) is 6.42 Å². The van der Waals surface area contributed by atoms with Crippen LogP contribution in [0.4, 0.5) is 11.4 Å². The molecule has 2 aromatic carbocycles. The summed E-state index contributed by atoms with van der Waals surface area (Å²) in [5.74, 6) is -0.315. The molecule has 0 aliphatic carbocycles. The lowest BCUT2D eigenvalue weighted by Gasteiger charge is -2.07. The van der Waals surface area contributed by atoms with Gasteiger partial charge in [0.1, 0.15) is 9.88 Å². The lowest BCUT2D eigenvalue weighted by molar-refractivity contribution is -0.384. The van der Waals surface area contributed by atoms with Crippen LogP contribution >= 0.6 is 11.3 Å². The molecule has 3 aromatic rings. The number of nitrogens with zero attached hydrogens (tertiary/aromatic N) is 2. The van der Waals surface area contributed by atoms with Crippen molar-refractivity contribution in [2.75, 3.05) is 5.32 Å². The monoisotopic (exact) mass is 381 g/mol. The van der Waals surface area contributed by atoms with Gasteiger partial charge in [0.15, 0.2) is 0 Å². The van der Waals surface area contributed by atoms with Crippen molar-refractivity contribution in [3.8, 4) is 10.6 Å². The minimum Gasteiger partial charge on any atom is -0.321 e. The number of nitro benzene ring substituents is 1.